The number of oxime groups is 1. The molecule has 0 N–H and O–H groups in total. The number of rotatable bonds is 6. The minimum atomic E-state index is -4.48. The van der Waals surface area contributed by atoms with Crippen molar-refractivity contribution in [2.24, 2.45) is 5.16 Å². The summed E-state index contributed by atoms with van der Waals surface area (Å²) < 4.78 is 43.3. The first-order valence-electron chi connectivity index (χ1n) is 8.49. The Labute approximate surface area is 178 Å². The second kappa shape index (κ2) is 9.27. The molecule has 0 atom stereocenters. The number of benzene rings is 2. The zero-order valence-corrected chi connectivity index (χ0v) is 17.0. The van der Waals surface area contributed by atoms with E-state index in [-0.39, 0.29) is 12.2 Å². The molecule has 10 heteroatoms. The predicted octanol–water partition coefficient (Wildman–Crippen LogP) is 5.98. The maximum atomic E-state index is 12.6. The minimum absolute atomic E-state index is 0.0464. The lowest BCUT2D eigenvalue weighted by atomic mass is 10.1. The monoisotopic (exact) mass is 454 g/mol. The summed E-state index contributed by atoms with van der Waals surface area (Å²) in [6.45, 7) is 1.84. The van der Waals surface area contributed by atoms with E-state index in [0.29, 0.717) is 27.2 Å². The zero-order chi connectivity index (χ0) is 21.7. The maximum absolute atomic E-state index is 12.6. The van der Waals surface area contributed by atoms with Gasteiger partial charge in [0.05, 0.1) is 16.8 Å². The fourth-order valence-corrected chi connectivity index (χ4v) is 3.10. The molecule has 0 spiro atoms. The van der Waals surface area contributed by atoms with Gasteiger partial charge in [-0.05, 0) is 55.5 Å². The van der Waals surface area contributed by atoms with Crippen LogP contribution in [0.3, 0.4) is 0 Å². The SMILES string of the molecule is C/C(=N\OC(=O)c1ccc(C(F)(F)F)cc1)c1csc(COc2ccc(Cl)cc2)n1. The van der Waals surface area contributed by atoms with Crippen molar-refractivity contribution in [1.29, 1.82) is 0 Å². The second-order valence-electron chi connectivity index (χ2n) is 6.00. The van der Waals surface area contributed by atoms with Gasteiger partial charge in [0.2, 0.25) is 0 Å². The number of halogens is 4. The summed E-state index contributed by atoms with van der Waals surface area (Å²) in [7, 11) is 0. The zero-order valence-electron chi connectivity index (χ0n) is 15.4. The van der Waals surface area contributed by atoms with E-state index in [1.807, 2.05) is 0 Å². The smallest absolute Gasteiger partial charge is 0.416 e. The van der Waals surface area contributed by atoms with Crippen LogP contribution in [-0.4, -0.2) is 16.7 Å². The van der Waals surface area contributed by atoms with Crippen molar-refractivity contribution < 1.29 is 27.5 Å². The average Bonchev–Trinajstić information content (AvgIpc) is 3.20. The van der Waals surface area contributed by atoms with Gasteiger partial charge in [-0.15, -0.1) is 11.3 Å². The van der Waals surface area contributed by atoms with Gasteiger partial charge in [-0.2, -0.15) is 13.2 Å². The second-order valence-corrected chi connectivity index (χ2v) is 7.38. The fourth-order valence-electron chi connectivity index (χ4n) is 2.22. The average molecular weight is 455 g/mol. The number of ether oxygens (including phenoxy) is 1. The Kier molecular flexibility index (Phi) is 6.73. The quantitative estimate of drug-likeness (QED) is 0.261. The molecule has 1 heterocycles. The highest BCUT2D eigenvalue weighted by molar-refractivity contribution is 7.09. The van der Waals surface area contributed by atoms with Crippen molar-refractivity contribution in [3.8, 4) is 5.75 Å². The van der Waals surface area contributed by atoms with E-state index in [2.05, 4.69) is 10.1 Å². The van der Waals surface area contributed by atoms with Crippen LogP contribution in [0.1, 0.15) is 33.5 Å². The standard InChI is InChI=1S/C20H14ClF3N2O3S/c1-12(26-29-19(27)13-2-4-14(5-3-13)20(22,23)24)17-11-30-18(25-17)10-28-16-8-6-15(21)7-9-16/h2-9,11H,10H2,1H3/b26-12+. The van der Waals surface area contributed by atoms with E-state index < -0.39 is 17.7 Å². The number of nitrogens with zero attached hydrogens (tertiary/aromatic N) is 2. The molecule has 0 saturated carbocycles. The molecule has 0 unspecified atom stereocenters. The van der Waals surface area contributed by atoms with E-state index in [0.717, 1.165) is 24.3 Å². The number of alkyl halides is 3. The van der Waals surface area contributed by atoms with E-state index in [4.69, 9.17) is 21.2 Å². The Morgan fingerprint density at radius 3 is 2.43 bits per heavy atom. The molecule has 0 saturated heterocycles. The molecule has 0 fully saturated rings. The van der Waals surface area contributed by atoms with Crippen molar-refractivity contribution in [1.82, 2.24) is 4.98 Å². The summed E-state index contributed by atoms with van der Waals surface area (Å²) in [5.74, 6) is -0.225. The number of carbonyl (C=O) groups is 1. The summed E-state index contributed by atoms with van der Waals surface area (Å²) in [4.78, 5) is 21.1. The van der Waals surface area contributed by atoms with Gasteiger partial charge in [-0.3, -0.25) is 0 Å². The molecule has 0 amide bonds. The van der Waals surface area contributed by atoms with Crippen LogP contribution >= 0.6 is 22.9 Å². The van der Waals surface area contributed by atoms with Crippen LogP contribution in [-0.2, 0) is 17.6 Å². The highest BCUT2D eigenvalue weighted by Gasteiger charge is 2.30. The first-order valence-corrected chi connectivity index (χ1v) is 9.74. The van der Waals surface area contributed by atoms with E-state index in [9.17, 15) is 18.0 Å². The van der Waals surface area contributed by atoms with Crippen LogP contribution in [0.5, 0.6) is 5.75 Å². The van der Waals surface area contributed by atoms with Crippen molar-refractivity contribution >= 4 is 34.6 Å². The van der Waals surface area contributed by atoms with Gasteiger partial charge in [0, 0.05) is 10.4 Å². The van der Waals surface area contributed by atoms with Gasteiger partial charge in [-0.25, -0.2) is 9.78 Å². The Balaban J connectivity index is 1.57. The number of hydrogen-bond donors (Lipinski definition) is 0. The topological polar surface area (TPSA) is 60.8 Å². The molecule has 5 nitrogen and oxygen atoms in total. The van der Waals surface area contributed by atoms with Gasteiger partial charge in [0.25, 0.3) is 0 Å². The molecule has 0 radical (unpaired) electrons. The highest BCUT2D eigenvalue weighted by atomic mass is 35.5. The lowest BCUT2D eigenvalue weighted by molar-refractivity contribution is -0.137. The molecular formula is C20H14ClF3N2O3S. The van der Waals surface area contributed by atoms with Crippen LogP contribution in [0.25, 0.3) is 0 Å². The van der Waals surface area contributed by atoms with Gasteiger partial charge >= 0.3 is 12.1 Å². The molecule has 1 aromatic heterocycles. The van der Waals surface area contributed by atoms with Crippen molar-refractivity contribution in [3.05, 3.63) is 80.8 Å². The lowest BCUT2D eigenvalue weighted by Crippen LogP contribution is -2.07. The normalized spacial score (nSPS) is 12.0. The third-order valence-electron chi connectivity index (χ3n) is 3.81. The summed E-state index contributed by atoms with van der Waals surface area (Å²) in [5.41, 5.74) is -0.0661. The first kappa shape index (κ1) is 21.8. The van der Waals surface area contributed by atoms with Crippen LogP contribution in [0.4, 0.5) is 13.2 Å². The van der Waals surface area contributed by atoms with Gasteiger partial charge in [0.15, 0.2) is 0 Å². The van der Waals surface area contributed by atoms with Gasteiger partial charge < -0.3 is 9.57 Å². The Bertz CT molecular complexity index is 1050. The number of carbonyl (C=O) groups excluding carboxylic acids is 1. The summed E-state index contributed by atoms with van der Waals surface area (Å²) >= 11 is 7.17. The molecule has 2 aromatic carbocycles. The molecule has 3 aromatic rings. The third-order valence-corrected chi connectivity index (χ3v) is 4.89. The number of hydrogen-bond acceptors (Lipinski definition) is 6. The Morgan fingerprint density at radius 2 is 1.80 bits per heavy atom. The van der Waals surface area contributed by atoms with Crippen LogP contribution in [0, 0.1) is 0 Å². The van der Waals surface area contributed by atoms with Crippen LogP contribution < -0.4 is 4.74 Å². The molecule has 0 aliphatic heterocycles. The minimum Gasteiger partial charge on any atom is -0.486 e. The molecule has 156 valence electrons. The molecule has 3 rings (SSSR count). The molecule has 30 heavy (non-hydrogen) atoms. The third kappa shape index (κ3) is 5.80. The number of thiazole rings is 1. The summed E-state index contributed by atoms with van der Waals surface area (Å²) in [5, 5.41) is 6.74. The number of aromatic nitrogens is 1. The summed E-state index contributed by atoms with van der Waals surface area (Å²) in [6.07, 6.45) is -4.48. The Morgan fingerprint density at radius 1 is 1.13 bits per heavy atom. The Hall–Kier alpha value is -2.91. The van der Waals surface area contributed by atoms with Gasteiger partial charge in [-0.1, -0.05) is 16.8 Å². The highest BCUT2D eigenvalue weighted by Crippen LogP contribution is 2.29. The molecule has 0 aliphatic carbocycles. The predicted molar refractivity (Wildman–Crippen MR) is 107 cm³/mol. The van der Waals surface area contributed by atoms with Crippen LogP contribution in [0.2, 0.25) is 5.02 Å². The van der Waals surface area contributed by atoms with E-state index in [1.165, 1.54) is 11.3 Å². The molecular weight excluding hydrogens is 441 g/mol. The lowest BCUT2D eigenvalue weighted by Gasteiger charge is -2.06. The fraction of sp³-hybridized carbons (Fsp3) is 0.150. The maximum Gasteiger partial charge on any atom is 0.416 e. The molecule has 0 aliphatic rings. The van der Waals surface area contributed by atoms with Crippen molar-refractivity contribution in [3.63, 3.8) is 0 Å². The van der Waals surface area contributed by atoms with Crippen molar-refractivity contribution in [2.75, 3.05) is 0 Å². The summed E-state index contributed by atoms with van der Waals surface area (Å²) in [6, 6.07) is 10.6. The largest absolute Gasteiger partial charge is 0.486 e. The van der Waals surface area contributed by atoms with Crippen molar-refractivity contribution in [2.45, 2.75) is 19.7 Å². The first-order chi connectivity index (χ1) is 14.2. The molecule has 0 bridgehead atoms. The van der Waals surface area contributed by atoms with E-state index >= 15 is 0 Å². The van der Waals surface area contributed by atoms with Gasteiger partial charge in [0.1, 0.15) is 23.1 Å². The van der Waals surface area contributed by atoms with E-state index in [1.54, 1.807) is 36.6 Å². The van der Waals surface area contributed by atoms with Crippen LogP contribution in [0.15, 0.2) is 59.1 Å².